The fraction of sp³-hybridized carbons (Fsp3) is 0.500. The Hall–Kier alpha value is -1.92. The number of carbonyl (C=O) groups is 1. The van der Waals surface area contributed by atoms with E-state index in [1.54, 1.807) is 25.1 Å². The number of amides is 1. The summed E-state index contributed by atoms with van der Waals surface area (Å²) in [5, 5.41) is 0. The molecule has 1 amide bonds. The number of nitrogens with two attached hydrogens (primary N) is 1. The summed E-state index contributed by atoms with van der Waals surface area (Å²) in [6.45, 7) is -1.22. The molecule has 116 valence electrons. The number of nitrogen functional groups attached to an aromatic ring is 1. The van der Waals surface area contributed by atoms with E-state index in [9.17, 15) is 18.0 Å². The van der Waals surface area contributed by atoms with Crippen molar-refractivity contribution in [3.8, 4) is 0 Å². The zero-order chi connectivity index (χ0) is 15.8. The van der Waals surface area contributed by atoms with E-state index in [0.717, 1.165) is 10.6 Å². The summed E-state index contributed by atoms with van der Waals surface area (Å²) in [6.07, 6.45) is -3.16. The average molecular weight is 301 g/mol. The Morgan fingerprint density at radius 1 is 1.33 bits per heavy atom. The lowest BCUT2D eigenvalue weighted by molar-refractivity contribution is -0.141. The average Bonchev–Trinajstić information content (AvgIpc) is 3.17. The number of benzene rings is 1. The molecule has 0 spiro atoms. The molecule has 1 aliphatic carbocycles. The van der Waals surface area contributed by atoms with Crippen molar-refractivity contribution >= 4 is 17.3 Å². The van der Waals surface area contributed by atoms with Gasteiger partial charge >= 0.3 is 6.18 Å². The number of carbonyl (C=O) groups excluding carboxylic acids is 1. The van der Waals surface area contributed by atoms with Crippen LogP contribution in [0.2, 0.25) is 0 Å². The molecular weight excluding hydrogens is 283 g/mol. The summed E-state index contributed by atoms with van der Waals surface area (Å²) in [5.74, 6) is -0.619. The van der Waals surface area contributed by atoms with E-state index in [0.29, 0.717) is 18.5 Å². The third kappa shape index (κ3) is 3.80. The second-order valence-electron chi connectivity index (χ2n) is 5.45. The minimum Gasteiger partial charge on any atom is -0.397 e. The summed E-state index contributed by atoms with van der Waals surface area (Å²) < 4.78 is 37.8. The number of rotatable bonds is 4. The van der Waals surface area contributed by atoms with Crippen molar-refractivity contribution in [3.63, 3.8) is 0 Å². The molecule has 2 N–H and O–H groups in total. The van der Waals surface area contributed by atoms with Gasteiger partial charge in [-0.05, 0) is 31.0 Å². The van der Waals surface area contributed by atoms with Gasteiger partial charge in [0.25, 0.3) is 5.91 Å². The van der Waals surface area contributed by atoms with Gasteiger partial charge in [0.2, 0.25) is 0 Å². The third-order valence-corrected chi connectivity index (χ3v) is 3.35. The molecule has 0 saturated heterocycles. The second kappa shape index (κ2) is 5.46. The molecule has 0 radical (unpaired) electrons. The molecular formula is C14H18F3N3O. The Balaban J connectivity index is 2.23. The lowest BCUT2D eigenvalue weighted by Crippen LogP contribution is -2.40. The van der Waals surface area contributed by atoms with Crippen LogP contribution in [-0.2, 0) is 0 Å². The molecule has 0 unspecified atom stereocenters. The Labute approximate surface area is 121 Å². The molecule has 0 heterocycles. The summed E-state index contributed by atoms with van der Waals surface area (Å²) in [6, 6.07) is 4.28. The van der Waals surface area contributed by atoms with Crippen molar-refractivity contribution in [2.45, 2.75) is 25.1 Å². The fourth-order valence-corrected chi connectivity index (χ4v) is 2.21. The first-order valence-electron chi connectivity index (χ1n) is 6.63. The van der Waals surface area contributed by atoms with Crippen molar-refractivity contribution in [2.75, 3.05) is 31.3 Å². The van der Waals surface area contributed by atoms with Crippen LogP contribution >= 0.6 is 0 Å². The predicted molar refractivity (Wildman–Crippen MR) is 75.3 cm³/mol. The lowest BCUT2D eigenvalue weighted by atomic mass is 10.1. The highest BCUT2D eigenvalue weighted by atomic mass is 19.4. The molecule has 1 aliphatic rings. The van der Waals surface area contributed by atoms with Crippen LogP contribution in [0.25, 0.3) is 0 Å². The zero-order valence-corrected chi connectivity index (χ0v) is 11.9. The van der Waals surface area contributed by atoms with Crippen LogP contribution in [0.1, 0.15) is 23.2 Å². The zero-order valence-electron chi connectivity index (χ0n) is 11.9. The lowest BCUT2D eigenvalue weighted by Gasteiger charge is -2.24. The van der Waals surface area contributed by atoms with Gasteiger partial charge in [-0.1, -0.05) is 0 Å². The van der Waals surface area contributed by atoms with Gasteiger partial charge in [0.15, 0.2) is 0 Å². The smallest absolute Gasteiger partial charge is 0.397 e. The fourth-order valence-electron chi connectivity index (χ4n) is 2.21. The molecule has 1 aromatic rings. The molecule has 0 atom stereocenters. The van der Waals surface area contributed by atoms with E-state index in [-0.39, 0.29) is 11.6 Å². The van der Waals surface area contributed by atoms with Crippen LogP contribution in [0.4, 0.5) is 24.5 Å². The predicted octanol–water partition coefficient (Wildman–Crippen LogP) is 2.50. The highest BCUT2D eigenvalue weighted by molar-refractivity contribution is 5.96. The van der Waals surface area contributed by atoms with Gasteiger partial charge in [0, 0.05) is 25.7 Å². The van der Waals surface area contributed by atoms with Gasteiger partial charge in [0.1, 0.15) is 6.54 Å². The molecule has 1 aromatic carbocycles. The third-order valence-electron chi connectivity index (χ3n) is 3.35. The summed E-state index contributed by atoms with van der Waals surface area (Å²) >= 11 is 0. The molecule has 2 rings (SSSR count). The first-order valence-corrected chi connectivity index (χ1v) is 6.63. The van der Waals surface area contributed by atoms with Crippen LogP contribution in [0.3, 0.4) is 0 Å². The molecule has 0 aromatic heterocycles. The number of alkyl halides is 3. The standard InChI is InChI=1S/C14H18F3N3O/c1-19(2)12-6-3-9(7-11(12)18)13(21)20(10-4-5-10)8-14(15,16)17/h3,6-7,10H,4-5,8,18H2,1-2H3. The minimum absolute atomic E-state index is 0.189. The monoisotopic (exact) mass is 301 g/mol. The topological polar surface area (TPSA) is 49.6 Å². The maximum absolute atomic E-state index is 12.6. The molecule has 7 heteroatoms. The SMILES string of the molecule is CN(C)c1ccc(C(=O)N(CC(F)(F)F)C2CC2)cc1N. The van der Waals surface area contributed by atoms with E-state index in [4.69, 9.17) is 5.73 Å². The van der Waals surface area contributed by atoms with Gasteiger partial charge in [-0.25, -0.2) is 0 Å². The second-order valence-corrected chi connectivity index (χ2v) is 5.45. The number of halogens is 3. The van der Waals surface area contributed by atoms with E-state index in [1.807, 2.05) is 0 Å². The van der Waals surface area contributed by atoms with Gasteiger partial charge in [-0.2, -0.15) is 13.2 Å². The maximum Gasteiger partial charge on any atom is 0.406 e. The largest absolute Gasteiger partial charge is 0.406 e. The van der Waals surface area contributed by atoms with E-state index in [1.165, 1.54) is 12.1 Å². The molecule has 4 nitrogen and oxygen atoms in total. The Morgan fingerprint density at radius 3 is 2.38 bits per heavy atom. The summed E-state index contributed by atoms with van der Waals surface area (Å²) in [5.41, 5.74) is 7.13. The number of anilines is 2. The first kappa shape index (κ1) is 15.5. The van der Waals surface area contributed by atoms with Crippen molar-refractivity contribution < 1.29 is 18.0 Å². The van der Waals surface area contributed by atoms with E-state index >= 15 is 0 Å². The van der Waals surface area contributed by atoms with Gasteiger partial charge < -0.3 is 15.5 Å². The van der Waals surface area contributed by atoms with Gasteiger partial charge in [0.05, 0.1) is 11.4 Å². The molecule has 1 saturated carbocycles. The van der Waals surface area contributed by atoms with Crippen LogP contribution in [0.15, 0.2) is 18.2 Å². The van der Waals surface area contributed by atoms with Crippen LogP contribution in [0, 0.1) is 0 Å². The normalized spacial score (nSPS) is 14.9. The molecule has 0 bridgehead atoms. The number of nitrogens with zero attached hydrogens (tertiary/aromatic N) is 2. The number of hydrogen-bond donors (Lipinski definition) is 1. The van der Waals surface area contributed by atoms with Crippen LogP contribution in [-0.4, -0.2) is 43.7 Å². The maximum atomic E-state index is 12.6. The van der Waals surface area contributed by atoms with Crippen LogP contribution < -0.4 is 10.6 Å². The van der Waals surface area contributed by atoms with Gasteiger partial charge in [-0.3, -0.25) is 4.79 Å². The molecule has 0 aliphatic heterocycles. The quantitative estimate of drug-likeness (QED) is 0.869. The Kier molecular flexibility index (Phi) is 4.02. The first-order chi connectivity index (χ1) is 9.69. The van der Waals surface area contributed by atoms with Crippen LogP contribution in [0.5, 0.6) is 0 Å². The van der Waals surface area contributed by atoms with Crippen molar-refractivity contribution in [2.24, 2.45) is 0 Å². The van der Waals surface area contributed by atoms with Crippen molar-refractivity contribution in [1.82, 2.24) is 4.90 Å². The highest BCUT2D eigenvalue weighted by Crippen LogP contribution is 2.32. The van der Waals surface area contributed by atoms with Gasteiger partial charge in [-0.15, -0.1) is 0 Å². The highest BCUT2D eigenvalue weighted by Gasteiger charge is 2.40. The summed E-state index contributed by atoms with van der Waals surface area (Å²) in [7, 11) is 3.60. The van der Waals surface area contributed by atoms with Crippen molar-refractivity contribution in [1.29, 1.82) is 0 Å². The number of hydrogen-bond acceptors (Lipinski definition) is 3. The van der Waals surface area contributed by atoms with Crippen molar-refractivity contribution in [3.05, 3.63) is 23.8 Å². The molecule has 21 heavy (non-hydrogen) atoms. The van der Waals surface area contributed by atoms with E-state index < -0.39 is 18.6 Å². The Bertz CT molecular complexity index is 539. The Morgan fingerprint density at radius 2 is 1.95 bits per heavy atom. The van der Waals surface area contributed by atoms with E-state index in [2.05, 4.69) is 0 Å². The minimum atomic E-state index is -4.40. The summed E-state index contributed by atoms with van der Waals surface area (Å²) in [4.78, 5) is 15.0. The molecule has 1 fully saturated rings.